The van der Waals surface area contributed by atoms with Crippen LogP contribution in [0, 0.1) is 5.82 Å². The first-order chi connectivity index (χ1) is 11.0. The molecule has 3 aromatic rings. The lowest BCUT2D eigenvalue weighted by atomic mass is 10.1. The third-order valence-corrected chi connectivity index (χ3v) is 3.86. The summed E-state index contributed by atoms with van der Waals surface area (Å²) in [5.41, 5.74) is 1.50. The van der Waals surface area contributed by atoms with Gasteiger partial charge in [0.2, 0.25) is 0 Å². The molecule has 0 bridgehead atoms. The molecule has 0 unspecified atom stereocenters. The van der Waals surface area contributed by atoms with Gasteiger partial charge in [-0.25, -0.2) is 9.37 Å². The van der Waals surface area contributed by atoms with Crippen molar-refractivity contribution in [1.82, 2.24) is 14.7 Å². The molecule has 2 aromatic heterocycles. The maximum Gasteiger partial charge on any atom is 0.258 e. The van der Waals surface area contributed by atoms with Crippen LogP contribution in [0.5, 0.6) is 0 Å². The molecule has 4 nitrogen and oxygen atoms in total. The maximum atomic E-state index is 13.8. The number of nitrogens with one attached hydrogen (secondary N) is 1. The molecule has 118 valence electrons. The molecule has 0 radical (unpaired) electrons. The summed E-state index contributed by atoms with van der Waals surface area (Å²) < 4.78 is 15.1. The third-order valence-electron chi connectivity index (χ3n) is 3.64. The van der Waals surface area contributed by atoms with Crippen LogP contribution >= 0.6 is 11.6 Å². The number of pyridine rings is 1. The Morgan fingerprint density at radius 3 is 2.87 bits per heavy atom. The molecular formula is C17H15ClFN3O. The number of nitrogens with zero attached hydrogens (tertiary/aromatic N) is 2. The van der Waals surface area contributed by atoms with Crippen LogP contribution in [0.4, 0.5) is 4.39 Å². The molecule has 0 aliphatic carbocycles. The van der Waals surface area contributed by atoms with Crippen molar-refractivity contribution in [2.45, 2.75) is 19.5 Å². The minimum atomic E-state index is -0.256. The lowest BCUT2D eigenvalue weighted by Gasteiger charge is -2.15. The topological polar surface area (TPSA) is 46.4 Å². The molecule has 0 saturated carbocycles. The van der Waals surface area contributed by atoms with Crippen molar-refractivity contribution in [3.8, 4) is 0 Å². The van der Waals surface area contributed by atoms with Crippen LogP contribution in [0.3, 0.4) is 0 Å². The second-order valence-electron chi connectivity index (χ2n) is 5.29. The van der Waals surface area contributed by atoms with Crippen molar-refractivity contribution in [3.05, 3.63) is 81.1 Å². The van der Waals surface area contributed by atoms with Gasteiger partial charge in [-0.05, 0) is 25.1 Å². The van der Waals surface area contributed by atoms with Crippen molar-refractivity contribution < 1.29 is 4.39 Å². The fourth-order valence-corrected chi connectivity index (χ4v) is 2.57. The van der Waals surface area contributed by atoms with Gasteiger partial charge >= 0.3 is 0 Å². The molecule has 1 atom stereocenters. The molecule has 6 heteroatoms. The van der Waals surface area contributed by atoms with E-state index in [1.54, 1.807) is 30.3 Å². The Hall–Kier alpha value is -2.24. The van der Waals surface area contributed by atoms with E-state index >= 15 is 0 Å². The SMILES string of the molecule is C[C@H](NCc1cc(=O)n2cc(Cl)ccc2n1)c1ccccc1F. The number of benzene rings is 1. The van der Waals surface area contributed by atoms with E-state index in [0.717, 1.165) is 0 Å². The quantitative estimate of drug-likeness (QED) is 0.797. The van der Waals surface area contributed by atoms with E-state index < -0.39 is 0 Å². The minimum Gasteiger partial charge on any atom is -0.304 e. The van der Waals surface area contributed by atoms with E-state index in [9.17, 15) is 9.18 Å². The second kappa shape index (κ2) is 6.48. The standard InChI is InChI=1S/C17H15ClFN3O/c1-11(14-4-2-3-5-15(14)19)20-9-13-8-17(23)22-10-12(18)6-7-16(22)21-13/h2-8,10-11,20H,9H2,1H3/t11-/m0/s1. The van der Waals surface area contributed by atoms with Crippen LogP contribution in [-0.2, 0) is 6.54 Å². The Morgan fingerprint density at radius 1 is 1.30 bits per heavy atom. The van der Waals surface area contributed by atoms with Gasteiger partial charge in [0.15, 0.2) is 0 Å². The average molecular weight is 332 g/mol. The summed E-state index contributed by atoms with van der Waals surface area (Å²) >= 11 is 5.88. The number of fused-ring (bicyclic) bond motifs is 1. The van der Waals surface area contributed by atoms with Gasteiger partial charge in [0, 0.05) is 30.4 Å². The highest BCUT2D eigenvalue weighted by atomic mass is 35.5. The highest BCUT2D eigenvalue weighted by Crippen LogP contribution is 2.16. The Kier molecular flexibility index (Phi) is 4.41. The maximum absolute atomic E-state index is 13.8. The van der Waals surface area contributed by atoms with Crippen molar-refractivity contribution in [3.63, 3.8) is 0 Å². The lowest BCUT2D eigenvalue weighted by molar-refractivity contribution is 0.524. The molecule has 0 aliphatic heterocycles. The first-order valence-corrected chi connectivity index (χ1v) is 7.58. The van der Waals surface area contributed by atoms with Gasteiger partial charge in [0.1, 0.15) is 11.5 Å². The number of hydrogen-bond donors (Lipinski definition) is 1. The largest absolute Gasteiger partial charge is 0.304 e. The molecule has 0 saturated heterocycles. The molecule has 1 aromatic carbocycles. The van der Waals surface area contributed by atoms with E-state index in [4.69, 9.17) is 11.6 Å². The molecule has 3 rings (SSSR count). The smallest absolute Gasteiger partial charge is 0.258 e. The Balaban J connectivity index is 1.81. The van der Waals surface area contributed by atoms with E-state index in [1.807, 2.05) is 6.92 Å². The van der Waals surface area contributed by atoms with Crippen molar-refractivity contribution in [1.29, 1.82) is 0 Å². The number of aromatic nitrogens is 2. The lowest BCUT2D eigenvalue weighted by Crippen LogP contribution is -2.22. The fourth-order valence-electron chi connectivity index (χ4n) is 2.41. The molecule has 0 spiro atoms. The van der Waals surface area contributed by atoms with Gasteiger partial charge < -0.3 is 5.32 Å². The predicted octanol–water partition coefficient (Wildman–Crippen LogP) is 3.34. The third kappa shape index (κ3) is 3.41. The zero-order chi connectivity index (χ0) is 16.4. The fraction of sp³-hybridized carbons (Fsp3) is 0.176. The van der Waals surface area contributed by atoms with Crippen molar-refractivity contribution in [2.24, 2.45) is 0 Å². The monoisotopic (exact) mass is 331 g/mol. The molecule has 0 fully saturated rings. The van der Waals surface area contributed by atoms with Crippen LogP contribution in [0.15, 0.2) is 53.5 Å². The zero-order valence-corrected chi connectivity index (χ0v) is 13.2. The molecule has 2 heterocycles. The van der Waals surface area contributed by atoms with E-state index in [2.05, 4.69) is 10.3 Å². The van der Waals surface area contributed by atoms with Gasteiger partial charge in [0.25, 0.3) is 5.56 Å². The van der Waals surface area contributed by atoms with Gasteiger partial charge in [-0.2, -0.15) is 0 Å². The molecule has 23 heavy (non-hydrogen) atoms. The van der Waals surface area contributed by atoms with Crippen LogP contribution < -0.4 is 10.9 Å². The number of halogens is 2. The summed E-state index contributed by atoms with van der Waals surface area (Å²) in [4.78, 5) is 16.5. The van der Waals surface area contributed by atoms with Crippen molar-refractivity contribution in [2.75, 3.05) is 0 Å². The summed E-state index contributed by atoms with van der Waals surface area (Å²) in [6.07, 6.45) is 1.53. The number of hydrogen-bond acceptors (Lipinski definition) is 3. The van der Waals surface area contributed by atoms with Crippen molar-refractivity contribution >= 4 is 17.2 Å². The first kappa shape index (κ1) is 15.6. The summed E-state index contributed by atoms with van der Waals surface area (Å²) in [5, 5.41) is 3.66. The summed E-state index contributed by atoms with van der Waals surface area (Å²) in [6, 6.07) is 11.2. The molecule has 0 aliphatic rings. The number of rotatable bonds is 4. The first-order valence-electron chi connectivity index (χ1n) is 7.20. The van der Waals surface area contributed by atoms with Crippen LogP contribution in [0.25, 0.3) is 5.65 Å². The van der Waals surface area contributed by atoms with Crippen LogP contribution in [-0.4, -0.2) is 9.38 Å². The van der Waals surface area contributed by atoms with Gasteiger partial charge in [-0.3, -0.25) is 9.20 Å². The summed E-state index contributed by atoms with van der Waals surface area (Å²) in [7, 11) is 0. The Labute approximate surface area is 137 Å². The Bertz CT molecular complexity index is 910. The van der Waals surface area contributed by atoms with Gasteiger partial charge in [-0.15, -0.1) is 0 Å². The van der Waals surface area contributed by atoms with Crippen LogP contribution in [0.1, 0.15) is 24.2 Å². The highest BCUT2D eigenvalue weighted by molar-refractivity contribution is 6.30. The average Bonchev–Trinajstić information content (AvgIpc) is 2.54. The normalized spacial score (nSPS) is 12.5. The van der Waals surface area contributed by atoms with Gasteiger partial charge in [0.05, 0.1) is 10.7 Å². The van der Waals surface area contributed by atoms with E-state index in [-0.39, 0.29) is 17.4 Å². The predicted molar refractivity (Wildman–Crippen MR) is 88.1 cm³/mol. The second-order valence-corrected chi connectivity index (χ2v) is 5.72. The van der Waals surface area contributed by atoms with Crippen LogP contribution in [0.2, 0.25) is 5.02 Å². The molecular weight excluding hydrogens is 317 g/mol. The zero-order valence-electron chi connectivity index (χ0n) is 12.5. The minimum absolute atomic E-state index is 0.193. The molecule has 0 amide bonds. The van der Waals surface area contributed by atoms with E-state index in [1.165, 1.54) is 22.7 Å². The molecule has 1 N–H and O–H groups in total. The summed E-state index contributed by atoms with van der Waals surface area (Å²) in [5.74, 6) is -0.256. The summed E-state index contributed by atoms with van der Waals surface area (Å²) in [6.45, 7) is 2.23. The van der Waals surface area contributed by atoms with Gasteiger partial charge in [-0.1, -0.05) is 29.8 Å². The Morgan fingerprint density at radius 2 is 2.09 bits per heavy atom. The van der Waals surface area contributed by atoms with E-state index in [0.29, 0.717) is 28.5 Å². The highest BCUT2D eigenvalue weighted by Gasteiger charge is 2.10.